The lowest BCUT2D eigenvalue weighted by Crippen LogP contribution is -2.50. The van der Waals surface area contributed by atoms with E-state index in [4.69, 9.17) is 9.47 Å². The monoisotopic (exact) mass is 598 g/mol. The maximum atomic E-state index is 12.0. The van der Waals surface area contributed by atoms with Crippen LogP contribution in [0.4, 0.5) is 21.0 Å². The molecule has 0 radical (unpaired) electrons. The van der Waals surface area contributed by atoms with E-state index >= 15 is 0 Å². The molecular formula is C32H46N4O7. The average Bonchev–Trinajstić information content (AvgIpc) is 2.96. The molecule has 43 heavy (non-hydrogen) atoms. The summed E-state index contributed by atoms with van der Waals surface area (Å²) >= 11 is 0. The van der Waals surface area contributed by atoms with Gasteiger partial charge in [-0.25, -0.2) is 14.4 Å². The molecule has 0 aromatic heterocycles. The normalized spacial score (nSPS) is 15.8. The van der Waals surface area contributed by atoms with Crippen LogP contribution in [0, 0.1) is 0 Å². The predicted octanol–water partition coefficient (Wildman–Crippen LogP) is 4.68. The van der Waals surface area contributed by atoms with E-state index in [-0.39, 0.29) is 24.4 Å². The van der Waals surface area contributed by atoms with E-state index in [0.29, 0.717) is 45.0 Å². The molecule has 2 aromatic carbocycles. The Labute approximate surface area is 254 Å². The van der Waals surface area contributed by atoms with E-state index in [9.17, 15) is 24.6 Å². The van der Waals surface area contributed by atoms with Crippen molar-refractivity contribution < 1.29 is 34.1 Å². The quantitative estimate of drug-likeness (QED) is 0.517. The molecule has 0 atom stereocenters. The lowest BCUT2D eigenvalue weighted by molar-refractivity contribution is 0.0230. The van der Waals surface area contributed by atoms with E-state index in [1.807, 2.05) is 76.8 Å². The Morgan fingerprint density at radius 3 is 1.47 bits per heavy atom. The molecule has 2 aromatic rings. The zero-order valence-corrected chi connectivity index (χ0v) is 26.2. The Morgan fingerprint density at radius 2 is 1.05 bits per heavy atom. The van der Waals surface area contributed by atoms with E-state index in [0.717, 1.165) is 24.3 Å². The number of carboxylic acids is 1. The Hall–Kier alpha value is -3.99. The number of carbonyl (C=O) groups excluding carboxylic acids is 2. The summed E-state index contributed by atoms with van der Waals surface area (Å²) in [7, 11) is 0. The number of aromatic carboxylic acids is 1. The highest BCUT2D eigenvalue weighted by Crippen LogP contribution is 2.24. The minimum Gasteiger partial charge on any atom is -0.478 e. The molecule has 0 spiro atoms. The first-order valence-electron chi connectivity index (χ1n) is 14.7. The number of anilines is 2. The third-order valence-electron chi connectivity index (χ3n) is 6.84. The predicted molar refractivity (Wildman–Crippen MR) is 166 cm³/mol. The lowest BCUT2D eigenvalue weighted by Gasteiger charge is -2.37. The van der Waals surface area contributed by atoms with Crippen molar-refractivity contribution in [1.82, 2.24) is 9.80 Å². The fourth-order valence-electron chi connectivity index (χ4n) is 4.80. The standard InChI is InChI=1S/C16H22N2O4.C16H24N2O3/c1-16(2,3)22-15(21)18-10-8-17(9-11-18)13-7-5-4-6-12(13)14(19)20;1-16(2,3)21-15(20)18-10-8-17(9-11-18)14-7-5-4-6-13(14)12-19/h4-7H,8-11H2,1-3H3,(H,19,20);4-7,19H,8-12H2,1-3H3. The molecule has 2 saturated heterocycles. The van der Waals surface area contributed by atoms with Gasteiger partial charge in [0.1, 0.15) is 11.2 Å². The molecule has 2 aliphatic heterocycles. The van der Waals surface area contributed by atoms with Crippen molar-refractivity contribution in [2.24, 2.45) is 0 Å². The molecule has 11 nitrogen and oxygen atoms in total. The highest BCUT2D eigenvalue weighted by atomic mass is 16.6. The van der Waals surface area contributed by atoms with Crippen LogP contribution in [0.5, 0.6) is 0 Å². The zero-order chi connectivity index (χ0) is 31.8. The number of hydrogen-bond donors (Lipinski definition) is 2. The molecular weight excluding hydrogens is 552 g/mol. The molecule has 11 heteroatoms. The van der Waals surface area contributed by atoms with Crippen LogP contribution in [0.15, 0.2) is 48.5 Å². The Morgan fingerprint density at radius 1 is 0.651 bits per heavy atom. The van der Waals surface area contributed by atoms with Gasteiger partial charge in [0.05, 0.1) is 17.9 Å². The first-order valence-corrected chi connectivity index (χ1v) is 14.7. The van der Waals surface area contributed by atoms with Crippen LogP contribution >= 0.6 is 0 Å². The summed E-state index contributed by atoms with van der Waals surface area (Å²) in [6, 6.07) is 14.8. The fraction of sp³-hybridized carbons (Fsp3) is 0.531. The number of carboxylic acid groups (broad SMARTS) is 1. The van der Waals surface area contributed by atoms with Crippen LogP contribution in [-0.2, 0) is 16.1 Å². The van der Waals surface area contributed by atoms with E-state index in [1.165, 1.54) is 0 Å². The molecule has 236 valence electrons. The molecule has 0 unspecified atom stereocenters. The van der Waals surface area contributed by atoms with Crippen molar-refractivity contribution >= 4 is 29.5 Å². The second-order valence-corrected chi connectivity index (χ2v) is 12.5. The number of aliphatic hydroxyl groups excluding tert-OH is 1. The zero-order valence-electron chi connectivity index (χ0n) is 26.2. The maximum Gasteiger partial charge on any atom is 0.410 e. The lowest BCUT2D eigenvalue weighted by atomic mass is 10.1. The highest BCUT2D eigenvalue weighted by molar-refractivity contribution is 5.94. The van der Waals surface area contributed by atoms with E-state index < -0.39 is 17.2 Å². The van der Waals surface area contributed by atoms with Gasteiger partial charge < -0.3 is 39.3 Å². The number of para-hydroxylation sites is 2. The molecule has 0 aliphatic carbocycles. The van der Waals surface area contributed by atoms with Crippen LogP contribution in [0.2, 0.25) is 0 Å². The van der Waals surface area contributed by atoms with Gasteiger partial charge in [0, 0.05) is 63.6 Å². The summed E-state index contributed by atoms with van der Waals surface area (Å²) in [5, 5.41) is 18.7. The molecule has 2 fully saturated rings. The first-order chi connectivity index (χ1) is 20.2. The topological polar surface area (TPSA) is 123 Å². The summed E-state index contributed by atoms with van der Waals surface area (Å²) in [6.07, 6.45) is -0.573. The van der Waals surface area contributed by atoms with Gasteiger partial charge in [-0.15, -0.1) is 0 Å². The number of amides is 2. The Bertz CT molecular complexity index is 1240. The molecule has 4 rings (SSSR count). The second-order valence-electron chi connectivity index (χ2n) is 12.5. The first kappa shape index (κ1) is 33.5. The van der Waals surface area contributed by atoms with Gasteiger partial charge in [-0.3, -0.25) is 0 Å². The molecule has 2 amide bonds. The van der Waals surface area contributed by atoms with Gasteiger partial charge in [0.15, 0.2) is 0 Å². The number of rotatable bonds is 4. The summed E-state index contributed by atoms with van der Waals surface area (Å²) in [6.45, 7) is 16.1. The summed E-state index contributed by atoms with van der Waals surface area (Å²) < 4.78 is 10.7. The number of aliphatic hydroxyl groups is 1. The number of ether oxygens (including phenoxy) is 2. The summed E-state index contributed by atoms with van der Waals surface area (Å²) in [5.41, 5.74) is 1.97. The minimum atomic E-state index is -0.940. The van der Waals surface area contributed by atoms with Crippen molar-refractivity contribution in [3.8, 4) is 0 Å². The van der Waals surface area contributed by atoms with Crippen molar-refractivity contribution in [3.63, 3.8) is 0 Å². The fourth-order valence-corrected chi connectivity index (χ4v) is 4.80. The Balaban J connectivity index is 0.000000236. The third kappa shape index (κ3) is 10.1. The van der Waals surface area contributed by atoms with Gasteiger partial charge in [0.2, 0.25) is 0 Å². The van der Waals surface area contributed by atoms with Gasteiger partial charge in [-0.2, -0.15) is 0 Å². The number of carbonyl (C=O) groups is 3. The number of piperazine rings is 2. The van der Waals surface area contributed by atoms with Crippen LogP contribution < -0.4 is 9.80 Å². The minimum absolute atomic E-state index is 0.0302. The number of hydrogen-bond acceptors (Lipinski definition) is 8. The molecule has 2 heterocycles. The van der Waals surface area contributed by atoms with Crippen LogP contribution in [0.3, 0.4) is 0 Å². The summed E-state index contributed by atoms with van der Waals surface area (Å²) in [5.74, 6) is -0.940. The largest absolute Gasteiger partial charge is 0.478 e. The molecule has 2 N–H and O–H groups in total. The maximum absolute atomic E-state index is 12.0. The van der Waals surface area contributed by atoms with Gasteiger partial charge in [-0.1, -0.05) is 30.3 Å². The van der Waals surface area contributed by atoms with Crippen LogP contribution in [0.25, 0.3) is 0 Å². The smallest absolute Gasteiger partial charge is 0.410 e. The highest BCUT2D eigenvalue weighted by Gasteiger charge is 2.28. The SMILES string of the molecule is CC(C)(C)OC(=O)N1CCN(c2ccccc2C(=O)O)CC1.CC(C)(C)OC(=O)N1CCN(c2ccccc2CO)CC1. The van der Waals surface area contributed by atoms with E-state index in [2.05, 4.69) is 4.90 Å². The third-order valence-corrected chi connectivity index (χ3v) is 6.84. The van der Waals surface area contributed by atoms with E-state index in [1.54, 1.807) is 28.0 Å². The van der Waals surface area contributed by atoms with Crippen molar-refractivity contribution in [2.45, 2.75) is 59.4 Å². The van der Waals surface area contributed by atoms with Crippen molar-refractivity contribution in [1.29, 1.82) is 0 Å². The Kier molecular flexibility index (Phi) is 11.3. The second kappa shape index (κ2) is 14.5. The van der Waals surface area contributed by atoms with Crippen molar-refractivity contribution in [2.75, 3.05) is 62.2 Å². The summed E-state index contributed by atoms with van der Waals surface area (Å²) in [4.78, 5) is 42.9. The average molecular weight is 599 g/mol. The van der Waals surface area contributed by atoms with Crippen molar-refractivity contribution in [3.05, 3.63) is 59.7 Å². The number of nitrogens with zero attached hydrogens (tertiary/aromatic N) is 4. The molecule has 2 aliphatic rings. The van der Waals surface area contributed by atoms with Gasteiger partial charge in [0.25, 0.3) is 0 Å². The number of benzene rings is 2. The molecule has 0 saturated carbocycles. The van der Waals surface area contributed by atoms with Crippen LogP contribution in [0.1, 0.15) is 57.5 Å². The van der Waals surface area contributed by atoms with Crippen LogP contribution in [-0.4, -0.2) is 102 Å². The van der Waals surface area contributed by atoms with Gasteiger partial charge in [-0.05, 0) is 59.7 Å². The molecule has 0 bridgehead atoms. The van der Waals surface area contributed by atoms with Gasteiger partial charge >= 0.3 is 18.2 Å².